The summed E-state index contributed by atoms with van der Waals surface area (Å²) in [5, 5.41) is 1.27. The monoisotopic (exact) mass is 233 g/mol. The first kappa shape index (κ1) is 8.99. The molecule has 0 aromatic carbocycles. The summed E-state index contributed by atoms with van der Waals surface area (Å²) in [6.45, 7) is 0. The maximum Gasteiger partial charge on any atom is 0.196 e. The fourth-order valence-corrected chi connectivity index (χ4v) is 2.31. The summed E-state index contributed by atoms with van der Waals surface area (Å²) in [5.74, 6) is 0.394. The summed E-state index contributed by atoms with van der Waals surface area (Å²) in [6, 6.07) is 0. The summed E-state index contributed by atoms with van der Waals surface area (Å²) in [4.78, 5) is 8.94. The molecule has 13 heavy (non-hydrogen) atoms. The van der Waals surface area contributed by atoms with E-state index in [0.717, 1.165) is 10.0 Å². The second kappa shape index (κ2) is 3.65. The van der Waals surface area contributed by atoms with Gasteiger partial charge in [-0.1, -0.05) is 22.9 Å². The number of hydrogen-bond donors (Lipinski definition) is 0. The smallest absolute Gasteiger partial charge is 0.196 e. The zero-order valence-corrected chi connectivity index (χ0v) is 8.77. The Morgan fingerprint density at radius 3 is 2.92 bits per heavy atom. The van der Waals surface area contributed by atoms with E-state index in [2.05, 4.69) is 9.97 Å². The van der Waals surface area contributed by atoms with Gasteiger partial charge in [0, 0.05) is 12.4 Å². The highest BCUT2D eigenvalue weighted by atomic mass is 35.5. The molecule has 2 heterocycles. The number of thiazole rings is 1. The highest BCUT2D eigenvalue weighted by molar-refractivity contribution is 7.14. The van der Waals surface area contributed by atoms with Crippen LogP contribution in [-0.2, 0) is 5.88 Å². The van der Waals surface area contributed by atoms with Gasteiger partial charge in [-0.15, -0.1) is 11.6 Å². The van der Waals surface area contributed by atoms with Gasteiger partial charge in [-0.2, -0.15) is 0 Å². The molecule has 0 amide bonds. The van der Waals surface area contributed by atoms with Crippen LogP contribution >= 0.6 is 34.5 Å². The van der Waals surface area contributed by atoms with Crippen LogP contribution in [0.25, 0.3) is 5.13 Å². The summed E-state index contributed by atoms with van der Waals surface area (Å²) < 4.78 is 1.80. The molecule has 0 N–H and O–H groups in total. The van der Waals surface area contributed by atoms with E-state index in [1.54, 1.807) is 17.1 Å². The first-order chi connectivity index (χ1) is 6.31. The maximum atomic E-state index is 5.84. The highest BCUT2D eigenvalue weighted by Crippen LogP contribution is 2.26. The van der Waals surface area contributed by atoms with Crippen molar-refractivity contribution in [2.75, 3.05) is 0 Å². The maximum absolute atomic E-state index is 5.84. The van der Waals surface area contributed by atoms with Crippen molar-refractivity contribution in [1.82, 2.24) is 14.5 Å². The number of alkyl halides is 1. The number of rotatable bonds is 2. The van der Waals surface area contributed by atoms with Crippen molar-refractivity contribution >= 4 is 34.5 Å². The first-order valence-corrected chi connectivity index (χ1v) is 5.23. The Kier molecular flexibility index (Phi) is 2.53. The Morgan fingerprint density at radius 1 is 1.54 bits per heavy atom. The Balaban J connectivity index is 2.43. The summed E-state index contributed by atoms with van der Waals surface area (Å²) in [7, 11) is 0. The van der Waals surface area contributed by atoms with Crippen molar-refractivity contribution in [3.05, 3.63) is 28.8 Å². The molecule has 3 nitrogen and oxygen atoms in total. The quantitative estimate of drug-likeness (QED) is 0.748. The molecule has 0 saturated heterocycles. The van der Waals surface area contributed by atoms with Gasteiger partial charge in [0.2, 0.25) is 0 Å². The standard InChI is InChI=1S/C7H5Cl2N3S/c8-3-5-6(9)11-7(13-5)12-2-1-10-4-12/h1-2,4H,3H2. The average Bonchev–Trinajstić information content (AvgIpc) is 2.71. The van der Waals surface area contributed by atoms with Gasteiger partial charge in [0.15, 0.2) is 5.13 Å². The van der Waals surface area contributed by atoms with Gasteiger partial charge >= 0.3 is 0 Å². The second-order valence-corrected chi connectivity index (χ2v) is 4.00. The Bertz CT molecular complexity index is 396. The van der Waals surface area contributed by atoms with Gasteiger partial charge in [-0.05, 0) is 0 Å². The van der Waals surface area contributed by atoms with Crippen LogP contribution in [0.3, 0.4) is 0 Å². The van der Waals surface area contributed by atoms with Crippen LogP contribution in [0.5, 0.6) is 0 Å². The van der Waals surface area contributed by atoms with Gasteiger partial charge < -0.3 is 0 Å². The van der Waals surface area contributed by atoms with E-state index in [9.17, 15) is 0 Å². The molecular weight excluding hydrogens is 229 g/mol. The Morgan fingerprint density at radius 2 is 2.38 bits per heavy atom. The molecule has 0 fully saturated rings. The second-order valence-electron chi connectivity index (χ2n) is 2.31. The summed E-state index contributed by atoms with van der Waals surface area (Å²) in [6.07, 6.45) is 5.18. The molecule has 2 aromatic rings. The molecule has 0 radical (unpaired) electrons. The van der Waals surface area contributed by atoms with Crippen LogP contribution in [0.2, 0.25) is 5.15 Å². The lowest BCUT2D eigenvalue weighted by Gasteiger charge is -1.91. The van der Waals surface area contributed by atoms with Gasteiger partial charge in [-0.25, -0.2) is 9.97 Å². The fourth-order valence-electron chi connectivity index (χ4n) is 0.887. The minimum atomic E-state index is 0.394. The molecule has 0 saturated carbocycles. The lowest BCUT2D eigenvalue weighted by Crippen LogP contribution is -1.86. The molecule has 2 aromatic heterocycles. The van der Waals surface area contributed by atoms with Gasteiger partial charge in [0.25, 0.3) is 0 Å². The lowest BCUT2D eigenvalue weighted by atomic mass is 10.6. The van der Waals surface area contributed by atoms with Gasteiger partial charge in [0.05, 0.1) is 10.8 Å². The van der Waals surface area contributed by atoms with Gasteiger partial charge in [-0.3, -0.25) is 4.57 Å². The predicted octanol–water partition coefficient (Wildman–Crippen LogP) is 2.72. The third kappa shape index (κ3) is 1.70. The number of hydrogen-bond acceptors (Lipinski definition) is 3. The molecule has 68 valence electrons. The van der Waals surface area contributed by atoms with Gasteiger partial charge in [0.1, 0.15) is 11.5 Å². The van der Waals surface area contributed by atoms with Crippen LogP contribution in [0, 0.1) is 0 Å². The SMILES string of the molecule is ClCc1sc(-n2ccnc2)nc1Cl. The molecule has 0 atom stereocenters. The predicted molar refractivity (Wildman–Crippen MR) is 53.8 cm³/mol. The van der Waals surface area contributed by atoms with E-state index in [4.69, 9.17) is 23.2 Å². The average molecular weight is 234 g/mol. The zero-order valence-electron chi connectivity index (χ0n) is 6.44. The molecule has 2 rings (SSSR count). The molecule has 0 unspecified atom stereocenters. The van der Waals surface area contributed by atoms with E-state index >= 15 is 0 Å². The third-order valence-corrected chi connectivity index (χ3v) is 3.40. The molecule has 0 aliphatic carbocycles. The van der Waals surface area contributed by atoms with Crippen molar-refractivity contribution in [2.24, 2.45) is 0 Å². The van der Waals surface area contributed by atoms with Crippen molar-refractivity contribution in [3.8, 4) is 5.13 Å². The number of halogens is 2. The van der Waals surface area contributed by atoms with Crippen molar-refractivity contribution < 1.29 is 0 Å². The van der Waals surface area contributed by atoms with Crippen LogP contribution in [0.1, 0.15) is 4.88 Å². The molecular formula is C7H5Cl2N3S. The number of aromatic nitrogens is 3. The van der Waals surface area contributed by atoms with E-state index < -0.39 is 0 Å². The summed E-state index contributed by atoms with van der Waals surface area (Å²) in [5.41, 5.74) is 0. The minimum Gasteiger partial charge on any atom is -0.282 e. The lowest BCUT2D eigenvalue weighted by molar-refractivity contribution is 1.03. The highest BCUT2D eigenvalue weighted by Gasteiger charge is 2.08. The molecule has 0 bridgehead atoms. The molecule has 0 aliphatic rings. The van der Waals surface area contributed by atoms with Crippen molar-refractivity contribution in [2.45, 2.75) is 5.88 Å². The minimum absolute atomic E-state index is 0.394. The largest absolute Gasteiger partial charge is 0.282 e. The Labute approximate surface area is 89.0 Å². The van der Waals surface area contributed by atoms with Crippen LogP contribution < -0.4 is 0 Å². The molecule has 0 aliphatic heterocycles. The fraction of sp³-hybridized carbons (Fsp3) is 0.143. The van der Waals surface area contributed by atoms with Crippen LogP contribution in [-0.4, -0.2) is 14.5 Å². The van der Waals surface area contributed by atoms with E-state index in [-0.39, 0.29) is 0 Å². The normalized spacial score (nSPS) is 10.6. The number of imidazole rings is 1. The number of nitrogens with zero attached hydrogens (tertiary/aromatic N) is 3. The van der Waals surface area contributed by atoms with Crippen LogP contribution in [0.15, 0.2) is 18.7 Å². The van der Waals surface area contributed by atoms with Crippen molar-refractivity contribution in [3.63, 3.8) is 0 Å². The first-order valence-electron chi connectivity index (χ1n) is 3.50. The zero-order chi connectivity index (χ0) is 9.26. The summed E-state index contributed by atoms with van der Waals surface area (Å²) >= 11 is 13.0. The molecule has 6 heteroatoms. The third-order valence-electron chi connectivity index (χ3n) is 1.49. The molecule has 0 spiro atoms. The van der Waals surface area contributed by atoms with Crippen LogP contribution in [0.4, 0.5) is 0 Å². The van der Waals surface area contributed by atoms with E-state index in [1.165, 1.54) is 11.3 Å². The Hall–Kier alpha value is -0.580. The topological polar surface area (TPSA) is 30.7 Å². The van der Waals surface area contributed by atoms with E-state index in [1.807, 2.05) is 6.20 Å². The van der Waals surface area contributed by atoms with E-state index in [0.29, 0.717) is 11.0 Å². The van der Waals surface area contributed by atoms with Crippen molar-refractivity contribution in [1.29, 1.82) is 0 Å².